The number of aromatic nitrogens is 1. The zero-order valence-electron chi connectivity index (χ0n) is 19.1. The second kappa shape index (κ2) is 9.81. The van der Waals surface area contributed by atoms with Crippen molar-refractivity contribution in [2.45, 2.75) is 19.6 Å². The summed E-state index contributed by atoms with van der Waals surface area (Å²) in [5.41, 5.74) is 2.40. The van der Waals surface area contributed by atoms with E-state index in [1.165, 1.54) is 18.2 Å². The van der Waals surface area contributed by atoms with E-state index in [-0.39, 0.29) is 11.3 Å². The van der Waals surface area contributed by atoms with E-state index in [1.54, 1.807) is 12.1 Å². The molecule has 8 heteroatoms. The SMILES string of the molecule is Cc1c(/C=C(/C#N)C(=O)Nc2cccc(C(F)(F)F)c2)c2ccccc2n1Cc1ccccc1C#N. The monoisotopic (exact) mass is 484 g/mol. The Kier molecular flexibility index (Phi) is 6.62. The van der Waals surface area contributed by atoms with Crippen LogP contribution in [0.4, 0.5) is 18.9 Å². The van der Waals surface area contributed by atoms with Gasteiger partial charge in [-0.3, -0.25) is 4.79 Å². The van der Waals surface area contributed by atoms with Crippen LogP contribution in [0, 0.1) is 29.6 Å². The molecule has 1 N–H and O–H groups in total. The summed E-state index contributed by atoms with van der Waals surface area (Å²) in [6.45, 7) is 2.25. The maximum Gasteiger partial charge on any atom is 0.416 e. The largest absolute Gasteiger partial charge is 0.416 e. The molecule has 0 saturated heterocycles. The van der Waals surface area contributed by atoms with E-state index >= 15 is 0 Å². The standard InChI is InChI=1S/C28H19F3N4O/c1-18-25(13-21(16-33)27(36)34-23-10-6-9-22(14-23)28(29,30)31)24-11-4-5-12-26(24)35(18)17-20-8-3-2-7-19(20)15-32/h2-14H,17H2,1H3,(H,34,36)/b21-13-. The minimum absolute atomic E-state index is 0.0664. The van der Waals surface area contributed by atoms with E-state index in [0.29, 0.717) is 17.7 Å². The number of fused-ring (bicyclic) bond motifs is 1. The first-order valence-corrected chi connectivity index (χ1v) is 10.9. The van der Waals surface area contributed by atoms with E-state index in [0.717, 1.165) is 34.3 Å². The lowest BCUT2D eigenvalue weighted by molar-refractivity contribution is -0.137. The van der Waals surface area contributed by atoms with Crippen LogP contribution < -0.4 is 5.32 Å². The molecule has 4 rings (SSSR count). The van der Waals surface area contributed by atoms with Gasteiger partial charge < -0.3 is 9.88 Å². The fraction of sp³-hybridized carbons (Fsp3) is 0.107. The van der Waals surface area contributed by atoms with Crippen LogP contribution in [0.2, 0.25) is 0 Å². The lowest BCUT2D eigenvalue weighted by Gasteiger charge is -2.10. The third kappa shape index (κ3) is 4.84. The van der Waals surface area contributed by atoms with E-state index in [4.69, 9.17) is 0 Å². The number of nitriles is 2. The number of hydrogen-bond donors (Lipinski definition) is 1. The molecule has 0 aliphatic rings. The minimum atomic E-state index is -4.56. The molecule has 0 unspecified atom stereocenters. The number of halogens is 3. The molecule has 0 aliphatic carbocycles. The summed E-state index contributed by atoms with van der Waals surface area (Å²) < 4.78 is 41.1. The molecular weight excluding hydrogens is 465 g/mol. The van der Waals surface area contributed by atoms with Gasteiger partial charge in [0.15, 0.2) is 0 Å². The second-order valence-electron chi connectivity index (χ2n) is 8.07. The topological polar surface area (TPSA) is 81.6 Å². The Labute approximate surface area is 205 Å². The van der Waals surface area contributed by atoms with Gasteiger partial charge in [-0.2, -0.15) is 23.7 Å². The fourth-order valence-electron chi connectivity index (χ4n) is 4.05. The van der Waals surface area contributed by atoms with Crippen LogP contribution >= 0.6 is 0 Å². The molecule has 5 nitrogen and oxygen atoms in total. The number of nitrogens with one attached hydrogen (secondary N) is 1. The smallest absolute Gasteiger partial charge is 0.340 e. The van der Waals surface area contributed by atoms with Gasteiger partial charge in [-0.25, -0.2) is 0 Å². The summed E-state index contributed by atoms with van der Waals surface area (Å²) in [6, 6.07) is 23.0. The minimum Gasteiger partial charge on any atom is -0.340 e. The van der Waals surface area contributed by atoms with Crippen molar-refractivity contribution >= 4 is 28.6 Å². The molecule has 0 spiro atoms. The van der Waals surface area contributed by atoms with Crippen LogP contribution in [0.5, 0.6) is 0 Å². The van der Waals surface area contributed by atoms with Crippen molar-refractivity contribution in [3.05, 3.63) is 106 Å². The summed E-state index contributed by atoms with van der Waals surface area (Å²) in [6.07, 6.45) is -3.12. The first kappa shape index (κ1) is 24.3. The van der Waals surface area contributed by atoms with Crippen molar-refractivity contribution in [2.75, 3.05) is 5.32 Å². The molecule has 1 amide bonds. The highest BCUT2D eigenvalue weighted by Crippen LogP contribution is 2.32. The highest BCUT2D eigenvalue weighted by molar-refractivity contribution is 6.11. The van der Waals surface area contributed by atoms with Crippen molar-refractivity contribution < 1.29 is 18.0 Å². The number of benzene rings is 3. The normalized spacial score (nSPS) is 11.7. The van der Waals surface area contributed by atoms with Gasteiger partial charge in [0.25, 0.3) is 5.91 Å². The van der Waals surface area contributed by atoms with Crippen LogP contribution in [0.15, 0.2) is 78.4 Å². The van der Waals surface area contributed by atoms with Gasteiger partial charge in [-0.15, -0.1) is 0 Å². The van der Waals surface area contributed by atoms with Gasteiger partial charge in [0, 0.05) is 34.4 Å². The Hall–Kier alpha value is -4.82. The van der Waals surface area contributed by atoms with E-state index < -0.39 is 17.6 Å². The molecule has 1 heterocycles. The van der Waals surface area contributed by atoms with Gasteiger partial charge in [0.2, 0.25) is 0 Å². The highest BCUT2D eigenvalue weighted by atomic mass is 19.4. The molecule has 36 heavy (non-hydrogen) atoms. The summed E-state index contributed by atoms with van der Waals surface area (Å²) in [4.78, 5) is 12.8. The van der Waals surface area contributed by atoms with Crippen molar-refractivity contribution in [3.8, 4) is 12.1 Å². The Morgan fingerprint density at radius 2 is 1.75 bits per heavy atom. The summed E-state index contributed by atoms with van der Waals surface area (Å²) in [5.74, 6) is -0.817. The number of nitrogens with zero attached hydrogens (tertiary/aromatic N) is 3. The maximum absolute atomic E-state index is 13.0. The second-order valence-corrected chi connectivity index (χ2v) is 8.07. The molecule has 0 fully saturated rings. The average molecular weight is 484 g/mol. The number of carbonyl (C=O) groups is 1. The van der Waals surface area contributed by atoms with Gasteiger partial charge in [0.1, 0.15) is 11.6 Å². The molecule has 0 radical (unpaired) electrons. The Morgan fingerprint density at radius 1 is 1.03 bits per heavy atom. The molecule has 0 atom stereocenters. The third-order valence-corrected chi connectivity index (χ3v) is 5.85. The Morgan fingerprint density at radius 3 is 2.47 bits per heavy atom. The lowest BCUT2D eigenvalue weighted by atomic mass is 10.1. The number of para-hydroxylation sites is 1. The molecule has 178 valence electrons. The van der Waals surface area contributed by atoms with Crippen molar-refractivity contribution in [1.29, 1.82) is 10.5 Å². The summed E-state index contributed by atoms with van der Waals surface area (Å²) in [5, 5.41) is 22.3. The molecular formula is C28H19F3N4O. The van der Waals surface area contributed by atoms with E-state index in [9.17, 15) is 28.5 Å². The van der Waals surface area contributed by atoms with Crippen LogP contribution in [-0.4, -0.2) is 10.5 Å². The van der Waals surface area contributed by atoms with Gasteiger partial charge in [0.05, 0.1) is 17.2 Å². The maximum atomic E-state index is 13.0. The zero-order valence-corrected chi connectivity index (χ0v) is 19.1. The van der Waals surface area contributed by atoms with Crippen molar-refractivity contribution in [1.82, 2.24) is 4.57 Å². The van der Waals surface area contributed by atoms with Crippen LogP contribution in [0.3, 0.4) is 0 Å². The third-order valence-electron chi connectivity index (χ3n) is 5.85. The Balaban J connectivity index is 1.73. The van der Waals surface area contributed by atoms with Crippen molar-refractivity contribution in [3.63, 3.8) is 0 Å². The summed E-state index contributed by atoms with van der Waals surface area (Å²) >= 11 is 0. The average Bonchev–Trinajstić information content (AvgIpc) is 3.13. The lowest BCUT2D eigenvalue weighted by Crippen LogP contribution is -2.14. The predicted molar refractivity (Wildman–Crippen MR) is 131 cm³/mol. The number of anilines is 1. The van der Waals surface area contributed by atoms with Gasteiger partial charge in [-0.05, 0) is 48.9 Å². The first-order valence-electron chi connectivity index (χ1n) is 10.9. The molecule has 3 aromatic carbocycles. The van der Waals surface area contributed by atoms with Crippen molar-refractivity contribution in [2.24, 2.45) is 0 Å². The fourth-order valence-corrected chi connectivity index (χ4v) is 4.05. The molecule has 0 saturated carbocycles. The number of carbonyl (C=O) groups excluding carboxylic acids is 1. The molecule has 0 aliphatic heterocycles. The Bertz CT molecular complexity index is 1580. The van der Waals surface area contributed by atoms with E-state index in [2.05, 4.69) is 11.4 Å². The number of alkyl halides is 3. The highest BCUT2D eigenvalue weighted by Gasteiger charge is 2.30. The quantitative estimate of drug-likeness (QED) is 0.262. The first-order chi connectivity index (χ1) is 17.2. The van der Waals surface area contributed by atoms with E-state index in [1.807, 2.05) is 54.0 Å². The molecule has 0 bridgehead atoms. The molecule has 1 aromatic heterocycles. The van der Waals surface area contributed by atoms with Gasteiger partial charge in [-0.1, -0.05) is 42.5 Å². The molecule has 4 aromatic rings. The van der Waals surface area contributed by atoms with Crippen LogP contribution in [-0.2, 0) is 17.5 Å². The van der Waals surface area contributed by atoms with Crippen LogP contribution in [0.1, 0.15) is 27.9 Å². The predicted octanol–water partition coefficient (Wildman–Crippen LogP) is 6.43. The number of hydrogen-bond acceptors (Lipinski definition) is 3. The number of rotatable bonds is 5. The van der Waals surface area contributed by atoms with Gasteiger partial charge >= 0.3 is 6.18 Å². The zero-order chi connectivity index (χ0) is 25.9. The summed E-state index contributed by atoms with van der Waals surface area (Å²) in [7, 11) is 0. The number of amides is 1. The van der Waals surface area contributed by atoms with Crippen LogP contribution in [0.25, 0.3) is 17.0 Å².